The average molecular weight is 206 g/mol. The quantitative estimate of drug-likeness (QED) is 0.825. The number of hydrogen-bond acceptors (Lipinski definition) is 4. The average Bonchev–Trinajstić information content (AvgIpc) is 2.65. The zero-order chi connectivity index (χ0) is 10.8. The number of aliphatic hydroxyl groups excluding tert-OH is 1. The number of oxazole rings is 1. The van der Waals surface area contributed by atoms with E-state index >= 15 is 0 Å². The third-order valence-corrected chi connectivity index (χ3v) is 2.54. The summed E-state index contributed by atoms with van der Waals surface area (Å²) < 4.78 is 5.22. The minimum absolute atomic E-state index is 0.000463. The van der Waals surface area contributed by atoms with Crippen molar-refractivity contribution in [2.75, 3.05) is 20.7 Å². The highest BCUT2D eigenvalue weighted by Crippen LogP contribution is 2.22. The molecule has 1 heterocycles. The summed E-state index contributed by atoms with van der Waals surface area (Å²) in [6.45, 7) is 0.0899. The molecule has 4 heteroatoms. The summed E-state index contributed by atoms with van der Waals surface area (Å²) in [5, 5.41) is 9.28. The fourth-order valence-electron chi connectivity index (χ4n) is 1.65. The molecular weight excluding hydrogens is 192 g/mol. The summed E-state index contributed by atoms with van der Waals surface area (Å²) in [5.41, 5.74) is 2.63. The number of aliphatic hydroxyl groups is 1. The molecule has 2 aromatic rings. The van der Waals surface area contributed by atoms with Gasteiger partial charge in [-0.15, -0.1) is 0 Å². The Bertz CT molecular complexity index is 451. The maximum atomic E-state index is 9.28. The Labute approximate surface area is 88.1 Å². The predicted octanol–water partition coefficient (Wildman–Crippen LogP) is 1.42. The summed E-state index contributed by atoms with van der Waals surface area (Å²) >= 11 is 0. The van der Waals surface area contributed by atoms with Gasteiger partial charge in [0.2, 0.25) is 0 Å². The molecule has 0 aliphatic heterocycles. The molecule has 0 radical (unpaired) electrons. The van der Waals surface area contributed by atoms with Crippen molar-refractivity contribution in [2.45, 2.75) is 6.04 Å². The lowest BCUT2D eigenvalue weighted by atomic mass is 10.1. The second-order valence-corrected chi connectivity index (χ2v) is 3.74. The van der Waals surface area contributed by atoms with Crippen LogP contribution in [0.3, 0.4) is 0 Å². The number of nitrogens with zero attached hydrogens (tertiary/aromatic N) is 2. The van der Waals surface area contributed by atoms with Crippen LogP contribution < -0.4 is 0 Å². The van der Waals surface area contributed by atoms with Crippen molar-refractivity contribution in [3.05, 3.63) is 30.2 Å². The van der Waals surface area contributed by atoms with Gasteiger partial charge in [0.1, 0.15) is 5.52 Å². The van der Waals surface area contributed by atoms with Crippen molar-refractivity contribution in [1.82, 2.24) is 9.88 Å². The van der Waals surface area contributed by atoms with Crippen molar-refractivity contribution in [2.24, 2.45) is 0 Å². The van der Waals surface area contributed by atoms with E-state index in [-0.39, 0.29) is 12.6 Å². The fraction of sp³-hybridized carbons (Fsp3) is 0.364. The van der Waals surface area contributed by atoms with E-state index < -0.39 is 0 Å². The Balaban J connectivity index is 2.41. The molecule has 80 valence electrons. The van der Waals surface area contributed by atoms with Crippen LogP contribution in [0.5, 0.6) is 0 Å². The van der Waals surface area contributed by atoms with E-state index in [1.165, 1.54) is 6.39 Å². The minimum Gasteiger partial charge on any atom is -0.443 e. The number of likely N-dealkylation sites (N-methyl/N-ethyl adjacent to an activating group) is 1. The summed E-state index contributed by atoms with van der Waals surface area (Å²) in [6, 6.07) is 5.79. The maximum absolute atomic E-state index is 9.28. The van der Waals surface area contributed by atoms with Gasteiger partial charge in [0.05, 0.1) is 12.6 Å². The lowest BCUT2D eigenvalue weighted by molar-refractivity contribution is 0.171. The molecule has 0 saturated heterocycles. The van der Waals surface area contributed by atoms with Crippen molar-refractivity contribution < 1.29 is 9.52 Å². The van der Waals surface area contributed by atoms with Crippen LogP contribution >= 0.6 is 0 Å². The van der Waals surface area contributed by atoms with Crippen LogP contribution in [0.1, 0.15) is 11.6 Å². The third kappa shape index (κ3) is 1.86. The van der Waals surface area contributed by atoms with E-state index in [0.717, 1.165) is 16.7 Å². The lowest BCUT2D eigenvalue weighted by Crippen LogP contribution is -2.22. The first-order valence-electron chi connectivity index (χ1n) is 4.83. The van der Waals surface area contributed by atoms with Crippen LogP contribution in [-0.4, -0.2) is 35.7 Å². The molecule has 0 aliphatic rings. The van der Waals surface area contributed by atoms with Crippen molar-refractivity contribution in [1.29, 1.82) is 0 Å². The molecule has 0 amide bonds. The zero-order valence-corrected chi connectivity index (χ0v) is 8.84. The molecule has 0 aliphatic carbocycles. The van der Waals surface area contributed by atoms with E-state index in [2.05, 4.69) is 4.98 Å². The Morgan fingerprint density at radius 1 is 1.47 bits per heavy atom. The van der Waals surface area contributed by atoms with Crippen LogP contribution in [0.2, 0.25) is 0 Å². The molecule has 4 nitrogen and oxygen atoms in total. The largest absolute Gasteiger partial charge is 0.443 e. The molecule has 1 N–H and O–H groups in total. The van der Waals surface area contributed by atoms with Crippen molar-refractivity contribution in [3.63, 3.8) is 0 Å². The molecule has 0 fully saturated rings. The maximum Gasteiger partial charge on any atom is 0.181 e. The first-order chi connectivity index (χ1) is 7.22. The number of hydrogen-bond donors (Lipinski definition) is 1. The van der Waals surface area contributed by atoms with Gasteiger partial charge in [0, 0.05) is 0 Å². The molecule has 15 heavy (non-hydrogen) atoms. The van der Waals surface area contributed by atoms with Gasteiger partial charge in [-0.25, -0.2) is 4.98 Å². The number of fused-ring (bicyclic) bond motifs is 1. The number of rotatable bonds is 3. The van der Waals surface area contributed by atoms with Gasteiger partial charge in [-0.3, -0.25) is 0 Å². The molecular formula is C11H14N2O2. The smallest absolute Gasteiger partial charge is 0.181 e. The first kappa shape index (κ1) is 10.1. The lowest BCUT2D eigenvalue weighted by Gasteiger charge is -2.22. The summed E-state index contributed by atoms with van der Waals surface area (Å²) in [4.78, 5) is 6.02. The van der Waals surface area contributed by atoms with Crippen LogP contribution in [-0.2, 0) is 0 Å². The Hall–Kier alpha value is -1.39. The highest BCUT2D eigenvalue weighted by atomic mass is 16.3. The van der Waals surface area contributed by atoms with Gasteiger partial charge in [0.25, 0.3) is 0 Å². The second kappa shape index (κ2) is 4.00. The van der Waals surface area contributed by atoms with Crippen molar-refractivity contribution >= 4 is 11.1 Å². The van der Waals surface area contributed by atoms with Gasteiger partial charge in [-0.2, -0.15) is 0 Å². The molecule has 0 bridgehead atoms. The first-order valence-corrected chi connectivity index (χ1v) is 4.83. The highest BCUT2D eigenvalue weighted by Gasteiger charge is 2.13. The highest BCUT2D eigenvalue weighted by molar-refractivity contribution is 5.72. The molecule has 1 unspecified atom stereocenters. The fourth-order valence-corrected chi connectivity index (χ4v) is 1.65. The SMILES string of the molecule is CN(C)C(CO)c1ccc2ncoc2c1. The standard InChI is InChI=1S/C11H14N2O2/c1-13(2)10(6-14)8-3-4-9-11(5-8)15-7-12-9/h3-5,7,10,14H,6H2,1-2H3. The van der Waals surface area contributed by atoms with Crippen molar-refractivity contribution in [3.8, 4) is 0 Å². The topological polar surface area (TPSA) is 49.5 Å². The molecule has 0 saturated carbocycles. The molecule has 1 atom stereocenters. The molecule has 2 rings (SSSR count). The Kier molecular flexibility index (Phi) is 2.70. The van der Waals surface area contributed by atoms with E-state index in [1.807, 2.05) is 37.2 Å². The van der Waals surface area contributed by atoms with Gasteiger partial charge in [-0.05, 0) is 31.8 Å². The number of aromatic nitrogens is 1. The van der Waals surface area contributed by atoms with Crippen LogP contribution in [0.25, 0.3) is 11.1 Å². The van der Waals surface area contributed by atoms with Crippen LogP contribution in [0, 0.1) is 0 Å². The van der Waals surface area contributed by atoms with Crippen LogP contribution in [0.15, 0.2) is 29.0 Å². The summed E-state index contributed by atoms with van der Waals surface area (Å²) in [7, 11) is 3.87. The van der Waals surface area contributed by atoms with Crippen LogP contribution in [0.4, 0.5) is 0 Å². The van der Waals surface area contributed by atoms with Gasteiger partial charge >= 0.3 is 0 Å². The van der Waals surface area contributed by atoms with Gasteiger partial charge in [-0.1, -0.05) is 6.07 Å². The monoisotopic (exact) mass is 206 g/mol. The van der Waals surface area contributed by atoms with E-state index in [9.17, 15) is 5.11 Å². The van der Waals surface area contributed by atoms with Gasteiger partial charge in [0.15, 0.2) is 12.0 Å². The molecule has 1 aromatic carbocycles. The van der Waals surface area contributed by atoms with Gasteiger partial charge < -0.3 is 14.4 Å². The van der Waals surface area contributed by atoms with E-state index in [1.54, 1.807) is 0 Å². The minimum atomic E-state index is -0.000463. The van der Waals surface area contributed by atoms with E-state index in [4.69, 9.17) is 4.42 Å². The zero-order valence-electron chi connectivity index (χ0n) is 8.84. The Morgan fingerprint density at radius 3 is 2.93 bits per heavy atom. The molecule has 0 spiro atoms. The predicted molar refractivity (Wildman–Crippen MR) is 57.5 cm³/mol. The van der Waals surface area contributed by atoms with E-state index in [0.29, 0.717) is 0 Å². The Morgan fingerprint density at radius 2 is 2.27 bits per heavy atom. The normalized spacial score (nSPS) is 13.6. The summed E-state index contributed by atoms with van der Waals surface area (Å²) in [6.07, 6.45) is 1.43. The number of benzene rings is 1. The third-order valence-electron chi connectivity index (χ3n) is 2.54. The molecule has 1 aromatic heterocycles. The second-order valence-electron chi connectivity index (χ2n) is 3.74. The summed E-state index contributed by atoms with van der Waals surface area (Å²) in [5.74, 6) is 0.